The molecule has 2 nitrogen and oxygen atoms in total. The quantitative estimate of drug-likeness (QED) is 0.654. The zero-order valence-corrected chi connectivity index (χ0v) is 13.7. The van der Waals surface area contributed by atoms with E-state index in [4.69, 9.17) is 4.98 Å². The van der Waals surface area contributed by atoms with Crippen LogP contribution in [0.5, 0.6) is 0 Å². The molecule has 0 spiro atoms. The van der Waals surface area contributed by atoms with Crippen molar-refractivity contribution in [1.82, 2.24) is 9.38 Å². The first kappa shape index (κ1) is 15.7. The van der Waals surface area contributed by atoms with E-state index >= 15 is 0 Å². The van der Waals surface area contributed by atoms with Gasteiger partial charge in [0.2, 0.25) is 0 Å². The third-order valence-electron chi connectivity index (χ3n) is 3.03. The highest BCUT2D eigenvalue weighted by Crippen LogP contribution is 2.26. The maximum atomic E-state index is 4.72. The van der Waals surface area contributed by atoms with E-state index in [0.717, 1.165) is 11.3 Å². The van der Waals surface area contributed by atoms with E-state index in [9.17, 15) is 0 Å². The molecule has 0 atom stereocenters. The SMILES string of the molecule is CC.CC(C)(C)c1cn2c(C(C)(C)C)cccc2n1. The number of hydrogen-bond donors (Lipinski definition) is 0. The minimum absolute atomic E-state index is 0.0984. The Labute approximate surface area is 117 Å². The number of rotatable bonds is 0. The van der Waals surface area contributed by atoms with Crippen molar-refractivity contribution in [3.8, 4) is 0 Å². The molecule has 2 heteroatoms. The third kappa shape index (κ3) is 3.37. The highest BCUT2D eigenvalue weighted by Gasteiger charge is 2.21. The first-order chi connectivity index (χ1) is 8.69. The largest absolute Gasteiger partial charge is 0.303 e. The van der Waals surface area contributed by atoms with Crippen LogP contribution < -0.4 is 0 Å². The van der Waals surface area contributed by atoms with Gasteiger partial charge >= 0.3 is 0 Å². The predicted octanol–water partition coefficient (Wildman–Crippen LogP) is 4.96. The number of imidazole rings is 1. The average Bonchev–Trinajstić information content (AvgIpc) is 2.73. The third-order valence-corrected chi connectivity index (χ3v) is 3.03. The normalized spacial score (nSPS) is 12.2. The summed E-state index contributed by atoms with van der Waals surface area (Å²) in [5.74, 6) is 0. The molecule has 0 amide bonds. The minimum atomic E-state index is 0.0984. The van der Waals surface area contributed by atoms with Crippen molar-refractivity contribution in [3.63, 3.8) is 0 Å². The van der Waals surface area contributed by atoms with Crippen LogP contribution in [0.3, 0.4) is 0 Å². The predicted molar refractivity (Wildman–Crippen MR) is 83.9 cm³/mol. The molecule has 0 unspecified atom stereocenters. The van der Waals surface area contributed by atoms with Gasteiger partial charge in [0.25, 0.3) is 0 Å². The number of pyridine rings is 1. The summed E-state index contributed by atoms with van der Waals surface area (Å²) >= 11 is 0. The second-order valence-corrected chi connectivity index (χ2v) is 6.77. The molecule has 0 fully saturated rings. The van der Waals surface area contributed by atoms with Gasteiger partial charge in [-0.2, -0.15) is 0 Å². The van der Waals surface area contributed by atoms with Crippen LogP contribution >= 0.6 is 0 Å². The standard InChI is InChI=1S/C15H22N2.C2H6/c1-14(2,3)11-10-17-12(15(4,5)6)8-7-9-13(17)16-11;1-2/h7-10H,1-6H3;1-2H3. The van der Waals surface area contributed by atoms with E-state index in [1.165, 1.54) is 5.69 Å². The van der Waals surface area contributed by atoms with Gasteiger partial charge in [-0.1, -0.05) is 61.5 Å². The van der Waals surface area contributed by atoms with Crippen LogP contribution in [-0.2, 0) is 10.8 Å². The van der Waals surface area contributed by atoms with Gasteiger partial charge in [0.1, 0.15) is 5.65 Å². The molecule has 0 aliphatic carbocycles. The first-order valence-corrected chi connectivity index (χ1v) is 7.19. The zero-order valence-electron chi connectivity index (χ0n) is 13.7. The Morgan fingerprint density at radius 2 is 1.47 bits per heavy atom. The van der Waals surface area contributed by atoms with Crippen LogP contribution in [-0.4, -0.2) is 9.38 Å². The summed E-state index contributed by atoms with van der Waals surface area (Å²) in [5.41, 5.74) is 3.73. The van der Waals surface area contributed by atoms with Crippen LogP contribution in [0.2, 0.25) is 0 Å². The summed E-state index contributed by atoms with van der Waals surface area (Å²) in [4.78, 5) is 4.72. The van der Waals surface area contributed by atoms with Gasteiger partial charge in [-0.25, -0.2) is 4.98 Å². The molecule has 0 N–H and O–H groups in total. The van der Waals surface area contributed by atoms with Crippen molar-refractivity contribution < 1.29 is 0 Å². The maximum absolute atomic E-state index is 4.72. The molecule has 0 bridgehead atoms. The fraction of sp³-hybridized carbons (Fsp3) is 0.588. The van der Waals surface area contributed by atoms with Gasteiger partial charge < -0.3 is 4.40 Å². The molecule has 0 radical (unpaired) electrons. The van der Waals surface area contributed by atoms with Gasteiger partial charge in [0, 0.05) is 22.7 Å². The molecule has 0 aliphatic rings. The Morgan fingerprint density at radius 1 is 0.895 bits per heavy atom. The van der Waals surface area contributed by atoms with Crippen LogP contribution in [0, 0.1) is 0 Å². The number of hydrogen-bond acceptors (Lipinski definition) is 1. The molecule has 2 heterocycles. The second-order valence-electron chi connectivity index (χ2n) is 6.77. The first-order valence-electron chi connectivity index (χ1n) is 7.19. The molecule has 0 aromatic carbocycles. The lowest BCUT2D eigenvalue weighted by atomic mass is 9.91. The van der Waals surface area contributed by atoms with E-state index in [2.05, 4.69) is 70.3 Å². The molecule has 19 heavy (non-hydrogen) atoms. The Balaban J connectivity index is 0.000000861. The van der Waals surface area contributed by atoms with E-state index in [-0.39, 0.29) is 10.8 Å². The molecule has 0 saturated heterocycles. The molecule has 2 aromatic heterocycles. The summed E-state index contributed by atoms with van der Waals surface area (Å²) in [6.07, 6.45) is 2.18. The molecular weight excluding hydrogens is 232 g/mol. The lowest BCUT2D eigenvalue weighted by Crippen LogP contribution is -2.15. The number of fused-ring (bicyclic) bond motifs is 1. The van der Waals surface area contributed by atoms with Crippen LogP contribution in [0.4, 0.5) is 0 Å². The van der Waals surface area contributed by atoms with Crippen molar-refractivity contribution in [2.75, 3.05) is 0 Å². The van der Waals surface area contributed by atoms with Crippen LogP contribution in [0.25, 0.3) is 5.65 Å². The lowest BCUT2D eigenvalue weighted by molar-refractivity contribution is 0.556. The Morgan fingerprint density at radius 3 is 1.95 bits per heavy atom. The van der Waals surface area contributed by atoms with E-state index in [1.54, 1.807) is 0 Å². The fourth-order valence-electron chi connectivity index (χ4n) is 1.98. The van der Waals surface area contributed by atoms with Crippen molar-refractivity contribution >= 4 is 5.65 Å². The molecule has 0 saturated carbocycles. The smallest absolute Gasteiger partial charge is 0.137 e. The molecular formula is C17H28N2. The summed E-state index contributed by atoms with van der Waals surface area (Å²) < 4.78 is 2.22. The van der Waals surface area contributed by atoms with Gasteiger partial charge in [0.05, 0.1) is 5.69 Å². The minimum Gasteiger partial charge on any atom is -0.303 e. The molecule has 2 aromatic rings. The van der Waals surface area contributed by atoms with Crippen molar-refractivity contribution in [3.05, 3.63) is 35.8 Å². The van der Waals surface area contributed by atoms with E-state index in [1.807, 2.05) is 13.8 Å². The Kier molecular flexibility index (Phi) is 4.44. The summed E-state index contributed by atoms with van der Waals surface area (Å²) in [7, 11) is 0. The Bertz CT molecular complexity index is 536. The molecule has 2 rings (SSSR count). The number of nitrogens with zero attached hydrogens (tertiary/aromatic N) is 2. The highest BCUT2D eigenvalue weighted by atomic mass is 15.0. The van der Waals surface area contributed by atoms with Gasteiger partial charge in [-0.05, 0) is 12.1 Å². The highest BCUT2D eigenvalue weighted by molar-refractivity contribution is 5.44. The molecule has 106 valence electrons. The molecule has 0 aliphatic heterocycles. The topological polar surface area (TPSA) is 17.3 Å². The summed E-state index contributed by atoms with van der Waals surface area (Å²) in [6, 6.07) is 6.35. The fourth-order valence-corrected chi connectivity index (χ4v) is 1.98. The summed E-state index contributed by atoms with van der Waals surface area (Å²) in [5, 5.41) is 0. The van der Waals surface area contributed by atoms with Crippen LogP contribution in [0.1, 0.15) is 66.8 Å². The lowest BCUT2D eigenvalue weighted by Gasteiger charge is -2.20. The van der Waals surface area contributed by atoms with E-state index < -0.39 is 0 Å². The average molecular weight is 260 g/mol. The van der Waals surface area contributed by atoms with Crippen LogP contribution in [0.15, 0.2) is 24.4 Å². The van der Waals surface area contributed by atoms with Gasteiger partial charge in [-0.3, -0.25) is 0 Å². The van der Waals surface area contributed by atoms with E-state index in [0.29, 0.717) is 0 Å². The zero-order chi connectivity index (χ0) is 14.8. The van der Waals surface area contributed by atoms with Crippen molar-refractivity contribution in [2.24, 2.45) is 0 Å². The summed E-state index contributed by atoms with van der Waals surface area (Å²) in [6.45, 7) is 17.3. The van der Waals surface area contributed by atoms with Gasteiger partial charge in [-0.15, -0.1) is 0 Å². The monoisotopic (exact) mass is 260 g/mol. The Hall–Kier alpha value is -1.31. The second kappa shape index (κ2) is 5.36. The van der Waals surface area contributed by atoms with Crippen molar-refractivity contribution in [2.45, 2.75) is 66.2 Å². The van der Waals surface area contributed by atoms with Crippen molar-refractivity contribution in [1.29, 1.82) is 0 Å². The van der Waals surface area contributed by atoms with Gasteiger partial charge in [0.15, 0.2) is 0 Å². The number of aromatic nitrogens is 2. The maximum Gasteiger partial charge on any atom is 0.137 e.